The van der Waals surface area contributed by atoms with E-state index in [4.69, 9.17) is 5.73 Å². The van der Waals surface area contributed by atoms with Gasteiger partial charge >= 0.3 is 0 Å². The normalized spacial score (nSPS) is 15.2. The van der Waals surface area contributed by atoms with E-state index in [1.165, 1.54) is 12.8 Å². The first kappa shape index (κ1) is 10.3. The first-order valence-corrected chi connectivity index (χ1v) is 5.79. The molecule has 1 fully saturated rings. The van der Waals surface area contributed by atoms with Crippen molar-refractivity contribution in [2.45, 2.75) is 25.7 Å². The smallest absolute Gasteiger partial charge is 0.134 e. The largest absolute Gasteiger partial charge is 0.383 e. The van der Waals surface area contributed by atoms with Crippen LogP contribution in [0.1, 0.15) is 30.1 Å². The van der Waals surface area contributed by atoms with Crippen molar-refractivity contribution in [3.8, 4) is 11.4 Å². The number of nitrogens with zero attached hydrogens (tertiary/aromatic N) is 4. The summed E-state index contributed by atoms with van der Waals surface area (Å²) in [6, 6.07) is 1.95. The molecule has 2 N–H and O–H groups in total. The van der Waals surface area contributed by atoms with E-state index in [2.05, 4.69) is 15.1 Å². The van der Waals surface area contributed by atoms with Crippen molar-refractivity contribution in [1.29, 1.82) is 0 Å². The molecular weight excluding hydrogens is 214 g/mol. The predicted molar refractivity (Wildman–Crippen MR) is 65.4 cm³/mol. The van der Waals surface area contributed by atoms with E-state index in [9.17, 15) is 0 Å². The molecule has 0 bridgehead atoms. The Kier molecular flexibility index (Phi) is 2.14. The van der Waals surface area contributed by atoms with Crippen molar-refractivity contribution < 1.29 is 0 Å². The Morgan fingerprint density at radius 2 is 2.12 bits per heavy atom. The molecule has 0 atom stereocenters. The van der Waals surface area contributed by atoms with Crippen LogP contribution in [0.5, 0.6) is 0 Å². The lowest BCUT2D eigenvalue weighted by Crippen LogP contribution is -2.04. The maximum atomic E-state index is 5.95. The third kappa shape index (κ3) is 1.77. The Labute approximate surface area is 99.7 Å². The molecule has 1 saturated carbocycles. The molecule has 0 radical (unpaired) electrons. The Morgan fingerprint density at radius 1 is 1.35 bits per heavy atom. The van der Waals surface area contributed by atoms with Crippen molar-refractivity contribution >= 4 is 5.82 Å². The fourth-order valence-corrected chi connectivity index (χ4v) is 1.87. The summed E-state index contributed by atoms with van der Waals surface area (Å²) in [4.78, 5) is 8.97. The summed E-state index contributed by atoms with van der Waals surface area (Å²) in [6.07, 6.45) is 4.25. The maximum absolute atomic E-state index is 5.95. The second-order valence-electron chi connectivity index (χ2n) is 4.59. The minimum Gasteiger partial charge on any atom is -0.383 e. The van der Waals surface area contributed by atoms with Crippen LogP contribution in [0.2, 0.25) is 0 Å². The van der Waals surface area contributed by atoms with Crippen molar-refractivity contribution in [1.82, 2.24) is 19.7 Å². The second kappa shape index (κ2) is 3.55. The van der Waals surface area contributed by atoms with E-state index in [-0.39, 0.29) is 0 Å². The molecule has 1 aliphatic carbocycles. The highest BCUT2D eigenvalue weighted by Crippen LogP contribution is 2.39. The lowest BCUT2D eigenvalue weighted by Gasteiger charge is -2.07. The van der Waals surface area contributed by atoms with Crippen molar-refractivity contribution in [2.24, 2.45) is 7.05 Å². The molecule has 1 aliphatic rings. The van der Waals surface area contributed by atoms with Crippen LogP contribution in [-0.4, -0.2) is 19.7 Å². The van der Waals surface area contributed by atoms with Gasteiger partial charge in [-0.05, 0) is 25.8 Å². The van der Waals surface area contributed by atoms with Gasteiger partial charge in [0, 0.05) is 24.7 Å². The van der Waals surface area contributed by atoms with Crippen molar-refractivity contribution in [3.05, 3.63) is 23.7 Å². The lowest BCUT2D eigenvalue weighted by molar-refractivity contribution is 0.768. The molecule has 3 rings (SSSR count). The second-order valence-corrected chi connectivity index (χ2v) is 4.59. The molecule has 5 heteroatoms. The molecule has 0 amide bonds. The Balaban J connectivity index is 2.13. The summed E-state index contributed by atoms with van der Waals surface area (Å²) >= 11 is 0. The van der Waals surface area contributed by atoms with Crippen LogP contribution in [0.4, 0.5) is 5.82 Å². The lowest BCUT2D eigenvalue weighted by atomic mass is 10.1. The van der Waals surface area contributed by atoms with Gasteiger partial charge in [0.05, 0.1) is 5.69 Å². The Morgan fingerprint density at radius 3 is 2.71 bits per heavy atom. The fourth-order valence-electron chi connectivity index (χ4n) is 1.87. The van der Waals surface area contributed by atoms with E-state index in [0.29, 0.717) is 11.7 Å². The highest BCUT2D eigenvalue weighted by Gasteiger charge is 2.28. The third-order valence-electron chi connectivity index (χ3n) is 3.10. The van der Waals surface area contributed by atoms with Crippen LogP contribution in [0.25, 0.3) is 11.4 Å². The first-order chi connectivity index (χ1) is 8.15. The minimum atomic E-state index is 0.500. The van der Waals surface area contributed by atoms with Crippen molar-refractivity contribution in [3.63, 3.8) is 0 Å². The topological polar surface area (TPSA) is 69.6 Å². The average molecular weight is 229 g/mol. The van der Waals surface area contributed by atoms with E-state index >= 15 is 0 Å². The molecule has 2 aromatic rings. The third-order valence-corrected chi connectivity index (χ3v) is 3.10. The summed E-state index contributed by atoms with van der Waals surface area (Å²) < 4.78 is 1.77. The molecule has 17 heavy (non-hydrogen) atoms. The van der Waals surface area contributed by atoms with Crippen LogP contribution in [-0.2, 0) is 7.05 Å². The number of hydrogen-bond acceptors (Lipinski definition) is 4. The van der Waals surface area contributed by atoms with Crippen molar-refractivity contribution in [2.75, 3.05) is 5.73 Å². The SMILES string of the molecule is Cc1c(N)nc(C2CC2)nc1-c1ccn(C)n1. The van der Waals surface area contributed by atoms with E-state index in [1.807, 2.05) is 26.2 Å². The summed E-state index contributed by atoms with van der Waals surface area (Å²) in [5, 5.41) is 4.37. The van der Waals surface area contributed by atoms with Gasteiger partial charge in [0.15, 0.2) is 0 Å². The number of aryl methyl sites for hydroxylation is 1. The summed E-state index contributed by atoms with van der Waals surface area (Å²) in [5.74, 6) is 1.94. The van der Waals surface area contributed by atoms with E-state index in [1.54, 1.807) is 4.68 Å². The fraction of sp³-hybridized carbons (Fsp3) is 0.417. The number of nitrogens with two attached hydrogens (primary N) is 1. The van der Waals surface area contributed by atoms with Gasteiger partial charge in [0.2, 0.25) is 0 Å². The molecule has 0 aliphatic heterocycles. The summed E-state index contributed by atoms with van der Waals surface area (Å²) in [7, 11) is 1.89. The number of nitrogen functional groups attached to an aromatic ring is 1. The minimum absolute atomic E-state index is 0.500. The van der Waals surface area contributed by atoms with Gasteiger partial charge in [-0.25, -0.2) is 9.97 Å². The van der Waals surface area contributed by atoms with Gasteiger partial charge in [0.1, 0.15) is 17.3 Å². The summed E-state index contributed by atoms with van der Waals surface area (Å²) in [5.41, 5.74) is 8.58. The molecule has 2 aromatic heterocycles. The molecule has 2 heterocycles. The monoisotopic (exact) mass is 229 g/mol. The number of anilines is 1. The van der Waals surface area contributed by atoms with Gasteiger partial charge in [-0.2, -0.15) is 5.10 Å². The highest BCUT2D eigenvalue weighted by molar-refractivity contribution is 5.63. The zero-order chi connectivity index (χ0) is 12.0. The van der Waals surface area contributed by atoms with Gasteiger partial charge in [-0.1, -0.05) is 0 Å². The quantitative estimate of drug-likeness (QED) is 0.850. The van der Waals surface area contributed by atoms with Crippen LogP contribution < -0.4 is 5.73 Å². The number of aromatic nitrogens is 4. The molecule has 5 nitrogen and oxygen atoms in total. The standard InChI is InChI=1S/C12H15N5/c1-7-10(9-5-6-17(2)16-9)14-12(8-3-4-8)15-11(7)13/h5-6,8H,3-4H2,1-2H3,(H2,13,14,15). The van der Waals surface area contributed by atoms with Crippen LogP contribution in [0.3, 0.4) is 0 Å². The highest BCUT2D eigenvalue weighted by atomic mass is 15.3. The predicted octanol–water partition coefficient (Wildman–Crippen LogP) is 1.65. The van der Waals surface area contributed by atoms with Gasteiger partial charge < -0.3 is 5.73 Å². The zero-order valence-electron chi connectivity index (χ0n) is 10.0. The average Bonchev–Trinajstić information content (AvgIpc) is 3.05. The Bertz CT molecular complexity index is 568. The van der Waals surface area contributed by atoms with Crippen LogP contribution >= 0.6 is 0 Å². The van der Waals surface area contributed by atoms with E-state index < -0.39 is 0 Å². The Hall–Kier alpha value is -1.91. The van der Waals surface area contributed by atoms with Gasteiger partial charge in [-0.3, -0.25) is 4.68 Å². The molecule has 0 unspecified atom stereocenters. The van der Waals surface area contributed by atoms with Crippen LogP contribution in [0, 0.1) is 6.92 Å². The number of rotatable bonds is 2. The van der Waals surface area contributed by atoms with Gasteiger partial charge in [-0.15, -0.1) is 0 Å². The molecule has 0 aromatic carbocycles. The molecule has 0 saturated heterocycles. The summed E-state index contributed by atoms with van der Waals surface area (Å²) in [6.45, 7) is 1.94. The molecule has 0 spiro atoms. The zero-order valence-corrected chi connectivity index (χ0v) is 10.0. The maximum Gasteiger partial charge on any atom is 0.134 e. The number of hydrogen-bond donors (Lipinski definition) is 1. The molecular formula is C12H15N5. The molecule has 88 valence electrons. The van der Waals surface area contributed by atoms with E-state index in [0.717, 1.165) is 22.8 Å². The van der Waals surface area contributed by atoms with Gasteiger partial charge in [0.25, 0.3) is 0 Å². The first-order valence-electron chi connectivity index (χ1n) is 5.79. The van der Waals surface area contributed by atoms with Crippen LogP contribution in [0.15, 0.2) is 12.3 Å².